The van der Waals surface area contributed by atoms with Crippen LogP contribution in [-0.2, 0) is 14.8 Å². The second-order valence-corrected chi connectivity index (χ2v) is 9.04. The molecular formula is C25H24N4O6S. The predicted molar refractivity (Wildman–Crippen MR) is 134 cm³/mol. The van der Waals surface area contributed by atoms with Crippen molar-refractivity contribution in [3.63, 3.8) is 0 Å². The molecule has 11 heteroatoms. The first-order chi connectivity index (χ1) is 17.4. The lowest BCUT2D eigenvalue weighted by Gasteiger charge is -2.24. The number of hydrogen-bond acceptors (Lipinski definition) is 8. The summed E-state index contributed by atoms with van der Waals surface area (Å²) in [6, 6.07) is 21.1. The summed E-state index contributed by atoms with van der Waals surface area (Å²) >= 11 is 0. The van der Waals surface area contributed by atoms with Crippen molar-refractivity contribution < 1.29 is 27.4 Å². The van der Waals surface area contributed by atoms with Gasteiger partial charge < -0.3 is 14.2 Å². The number of nitrogens with zero attached hydrogens (tertiary/aromatic N) is 3. The van der Waals surface area contributed by atoms with Crippen molar-refractivity contribution in [3.8, 4) is 23.3 Å². The van der Waals surface area contributed by atoms with Gasteiger partial charge in [0.15, 0.2) is 18.1 Å². The van der Waals surface area contributed by atoms with Crippen LogP contribution in [0.15, 0.2) is 82.8 Å². The fraction of sp³-hybridized carbons (Fsp3) is 0.160. The average Bonchev–Trinajstić information content (AvgIpc) is 2.91. The summed E-state index contributed by atoms with van der Waals surface area (Å²) < 4.78 is 43.6. The molecule has 36 heavy (non-hydrogen) atoms. The van der Waals surface area contributed by atoms with Gasteiger partial charge in [-0.1, -0.05) is 18.2 Å². The first kappa shape index (κ1) is 26.1. The maximum atomic E-state index is 13.5. The molecule has 0 unspecified atom stereocenters. The number of rotatable bonds is 11. The van der Waals surface area contributed by atoms with Crippen LogP contribution in [-0.4, -0.2) is 47.9 Å². The number of hydrogen-bond donors (Lipinski definition) is 1. The maximum absolute atomic E-state index is 13.5. The van der Waals surface area contributed by atoms with Crippen molar-refractivity contribution in [2.75, 3.05) is 31.7 Å². The van der Waals surface area contributed by atoms with Crippen LogP contribution in [0.3, 0.4) is 0 Å². The molecule has 3 aromatic carbocycles. The number of sulfonamides is 1. The van der Waals surface area contributed by atoms with E-state index < -0.39 is 22.5 Å². The van der Waals surface area contributed by atoms with Crippen molar-refractivity contribution in [3.05, 3.63) is 78.4 Å². The highest BCUT2D eigenvalue weighted by Crippen LogP contribution is 2.32. The average molecular weight is 509 g/mol. The number of ether oxygens (including phenoxy) is 3. The molecule has 0 saturated carbocycles. The highest BCUT2D eigenvalue weighted by Gasteiger charge is 2.28. The third kappa shape index (κ3) is 6.52. The van der Waals surface area contributed by atoms with Gasteiger partial charge in [0, 0.05) is 6.07 Å². The quantitative estimate of drug-likeness (QED) is 0.311. The van der Waals surface area contributed by atoms with E-state index in [1.165, 1.54) is 38.6 Å². The molecule has 3 rings (SSSR count). The molecule has 0 aliphatic carbocycles. The van der Waals surface area contributed by atoms with E-state index >= 15 is 0 Å². The van der Waals surface area contributed by atoms with Crippen LogP contribution in [0.1, 0.15) is 5.56 Å². The normalized spacial score (nSPS) is 10.9. The highest BCUT2D eigenvalue weighted by molar-refractivity contribution is 7.92. The number of amides is 1. The Labute approximate surface area is 209 Å². The Bertz CT molecular complexity index is 1350. The number of methoxy groups -OCH3 is 2. The van der Waals surface area contributed by atoms with E-state index in [9.17, 15) is 13.2 Å². The molecule has 0 bridgehead atoms. The summed E-state index contributed by atoms with van der Waals surface area (Å²) in [5, 5.41) is 12.5. The lowest BCUT2D eigenvalue weighted by molar-refractivity contribution is -0.119. The van der Waals surface area contributed by atoms with Gasteiger partial charge in [-0.3, -0.25) is 9.10 Å². The number of benzene rings is 3. The molecule has 0 aliphatic rings. The molecule has 0 spiro atoms. The van der Waals surface area contributed by atoms with Crippen LogP contribution in [0, 0.1) is 11.3 Å². The summed E-state index contributed by atoms with van der Waals surface area (Å²) in [4.78, 5) is 12.6. The second-order valence-electron chi connectivity index (χ2n) is 7.17. The molecule has 1 amide bonds. The zero-order valence-corrected chi connectivity index (χ0v) is 20.4. The van der Waals surface area contributed by atoms with Crippen molar-refractivity contribution in [2.24, 2.45) is 5.10 Å². The molecule has 0 fully saturated rings. The highest BCUT2D eigenvalue weighted by atomic mass is 32.2. The molecule has 186 valence electrons. The van der Waals surface area contributed by atoms with Gasteiger partial charge in [-0.25, -0.2) is 13.8 Å². The number of para-hydroxylation sites is 1. The maximum Gasteiger partial charge on any atom is 0.264 e. The zero-order valence-electron chi connectivity index (χ0n) is 19.6. The SMILES string of the molecule is COc1ccc(S(=O)(=O)N(CC(=O)N/N=C\c2ccc(OCC#N)cc2)c2ccccc2)cc1OC. The summed E-state index contributed by atoms with van der Waals surface area (Å²) in [6.45, 7) is -0.577. The van der Waals surface area contributed by atoms with Crippen molar-refractivity contribution >= 4 is 27.8 Å². The summed E-state index contributed by atoms with van der Waals surface area (Å²) in [6.07, 6.45) is 1.40. The van der Waals surface area contributed by atoms with Crippen molar-refractivity contribution in [2.45, 2.75) is 4.90 Å². The second kappa shape index (κ2) is 12.2. The van der Waals surface area contributed by atoms with Crippen LogP contribution < -0.4 is 23.9 Å². The van der Waals surface area contributed by atoms with Crippen molar-refractivity contribution in [1.82, 2.24) is 5.43 Å². The Morgan fingerprint density at radius 3 is 2.36 bits per heavy atom. The monoisotopic (exact) mass is 508 g/mol. The Morgan fingerprint density at radius 2 is 1.72 bits per heavy atom. The van der Waals surface area contributed by atoms with Crippen LogP contribution in [0.4, 0.5) is 5.69 Å². The first-order valence-electron chi connectivity index (χ1n) is 10.6. The minimum Gasteiger partial charge on any atom is -0.493 e. The number of nitrogens with one attached hydrogen (secondary N) is 1. The lowest BCUT2D eigenvalue weighted by Crippen LogP contribution is -2.39. The van der Waals surface area contributed by atoms with Crippen LogP contribution in [0.5, 0.6) is 17.2 Å². The summed E-state index contributed by atoms with van der Waals surface area (Å²) in [5.74, 6) is 0.494. The summed E-state index contributed by atoms with van der Waals surface area (Å²) in [5.41, 5.74) is 3.32. The van der Waals surface area contributed by atoms with E-state index in [-0.39, 0.29) is 17.3 Å². The standard InChI is InChI=1S/C25H24N4O6S/c1-33-23-13-12-22(16-24(23)34-2)36(31,32)29(20-6-4-3-5-7-20)18-25(30)28-27-17-19-8-10-21(11-9-19)35-15-14-26/h3-13,16-17H,15,18H2,1-2H3,(H,28,30)/b27-17-. The number of hydrazone groups is 1. The van der Waals surface area contributed by atoms with E-state index in [4.69, 9.17) is 19.5 Å². The smallest absolute Gasteiger partial charge is 0.264 e. The summed E-state index contributed by atoms with van der Waals surface area (Å²) in [7, 11) is -1.30. The molecule has 0 aromatic heterocycles. The Kier molecular flexibility index (Phi) is 8.85. The first-order valence-corrected chi connectivity index (χ1v) is 12.0. The van der Waals surface area contributed by atoms with Gasteiger partial charge in [0.25, 0.3) is 15.9 Å². The number of carbonyl (C=O) groups excluding carboxylic acids is 1. The molecule has 3 aromatic rings. The van der Waals surface area contributed by atoms with Gasteiger partial charge in [0.05, 0.1) is 31.0 Å². The largest absolute Gasteiger partial charge is 0.493 e. The number of anilines is 1. The molecule has 0 saturated heterocycles. The van der Waals surface area contributed by atoms with Crippen LogP contribution >= 0.6 is 0 Å². The third-order valence-electron chi connectivity index (χ3n) is 4.86. The molecule has 0 radical (unpaired) electrons. The van der Waals surface area contributed by atoms with E-state index in [1.54, 1.807) is 54.6 Å². The van der Waals surface area contributed by atoms with Gasteiger partial charge in [-0.05, 0) is 54.1 Å². The van der Waals surface area contributed by atoms with Crippen LogP contribution in [0.2, 0.25) is 0 Å². The molecule has 0 aliphatic heterocycles. The minimum absolute atomic E-state index is 0.0619. The predicted octanol–water partition coefficient (Wildman–Crippen LogP) is 2.95. The van der Waals surface area contributed by atoms with Crippen LogP contribution in [0.25, 0.3) is 0 Å². The van der Waals surface area contributed by atoms with E-state index in [1.807, 2.05) is 6.07 Å². The molecule has 10 nitrogen and oxygen atoms in total. The van der Waals surface area contributed by atoms with Gasteiger partial charge in [0.2, 0.25) is 0 Å². The van der Waals surface area contributed by atoms with Gasteiger partial charge >= 0.3 is 0 Å². The van der Waals surface area contributed by atoms with Crippen molar-refractivity contribution in [1.29, 1.82) is 5.26 Å². The Balaban J connectivity index is 1.78. The fourth-order valence-electron chi connectivity index (χ4n) is 3.12. The Morgan fingerprint density at radius 1 is 1.03 bits per heavy atom. The van der Waals surface area contributed by atoms with E-state index in [2.05, 4.69) is 10.5 Å². The number of nitriles is 1. The van der Waals surface area contributed by atoms with E-state index in [0.717, 1.165) is 4.31 Å². The van der Waals surface area contributed by atoms with Gasteiger partial charge in [-0.2, -0.15) is 10.4 Å². The van der Waals surface area contributed by atoms with Gasteiger partial charge in [0.1, 0.15) is 18.4 Å². The third-order valence-corrected chi connectivity index (χ3v) is 6.63. The molecular weight excluding hydrogens is 484 g/mol. The van der Waals surface area contributed by atoms with Gasteiger partial charge in [-0.15, -0.1) is 0 Å². The Hall–Kier alpha value is -4.56. The topological polar surface area (TPSA) is 130 Å². The molecule has 1 N–H and O–H groups in total. The zero-order chi connectivity index (χ0) is 26.0. The molecule has 0 heterocycles. The minimum atomic E-state index is -4.15. The number of carbonyl (C=O) groups is 1. The van der Waals surface area contributed by atoms with E-state index in [0.29, 0.717) is 22.7 Å². The fourth-order valence-corrected chi connectivity index (χ4v) is 4.56. The molecule has 0 atom stereocenters. The lowest BCUT2D eigenvalue weighted by atomic mass is 10.2.